The van der Waals surface area contributed by atoms with Crippen LogP contribution in [0.15, 0.2) is 12.1 Å². The van der Waals surface area contributed by atoms with Crippen LogP contribution in [0.1, 0.15) is 37.8 Å². The fourth-order valence-corrected chi connectivity index (χ4v) is 2.36. The van der Waals surface area contributed by atoms with Crippen molar-refractivity contribution < 1.29 is 0 Å². The fraction of sp³-hybridized carbons (Fsp3) is 0.429. The molecule has 0 aliphatic heterocycles. The van der Waals surface area contributed by atoms with E-state index >= 15 is 0 Å². The standard InChI is InChI=1S/C14H18N4/c1-3-4-5-6-14-17-12-7-10-11(8-13(12)18-14)16-9(2)15-10/h7-8H,3-6H2,1-2H3,(H,15,16)(H,17,18). The molecule has 0 aliphatic carbocycles. The Morgan fingerprint density at radius 2 is 1.78 bits per heavy atom. The van der Waals surface area contributed by atoms with Crippen molar-refractivity contribution in [3.63, 3.8) is 0 Å². The molecule has 94 valence electrons. The van der Waals surface area contributed by atoms with E-state index in [1.807, 2.05) is 13.0 Å². The lowest BCUT2D eigenvalue weighted by Gasteiger charge is -1.93. The largest absolute Gasteiger partial charge is 0.342 e. The number of imidazole rings is 2. The number of rotatable bonds is 4. The summed E-state index contributed by atoms with van der Waals surface area (Å²) in [6.45, 7) is 4.19. The van der Waals surface area contributed by atoms with Crippen LogP contribution in [0.25, 0.3) is 22.1 Å². The lowest BCUT2D eigenvalue weighted by Crippen LogP contribution is -1.87. The first-order chi connectivity index (χ1) is 8.76. The summed E-state index contributed by atoms with van der Waals surface area (Å²) in [5, 5.41) is 0. The summed E-state index contributed by atoms with van der Waals surface area (Å²) in [5.41, 5.74) is 4.17. The normalized spacial score (nSPS) is 11.7. The average molecular weight is 242 g/mol. The number of unbranched alkanes of at least 4 members (excludes halogenated alkanes) is 2. The van der Waals surface area contributed by atoms with E-state index in [1.54, 1.807) is 0 Å². The third kappa shape index (κ3) is 1.98. The molecule has 4 nitrogen and oxygen atoms in total. The maximum Gasteiger partial charge on any atom is 0.107 e. The van der Waals surface area contributed by atoms with Gasteiger partial charge in [0.05, 0.1) is 22.1 Å². The highest BCUT2D eigenvalue weighted by atomic mass is 14.9. The number of hydrogen-bond acceptors (Lipinski definition) is 2. The van der Waals surface area contributed by atoms with Crippen molar-refractivity contribution in [1.82, 2.24) is 19.9 Å². The van der Waals surface area contributed by atoms with Crippen LogP contribution in [-0.2, 0) is 6.42 Å². The third-order valence-electron chi connectivity index (χ3n) is 3.27. The van der Waals surface area contributed by atoms with Gasteiger partial charge in [-0.2, -0.15) is 0 Å². The average Bonchev–Trinajstić information content (AvgIpc) is 2.87. The summed E-state index contributed by atoms with van der Waals surface area (Å²) >= 11 is 0. The van der Waals surface area contributed by atoms with Crippen LogP contribution in [0.2, 0.25) is 0 Å². The Bertz CT molecular complexity index is 627. The molecule has 0 aliphatic rings. The molecular weight excluding hydrogens is 224 g/mol. The Hall–Kier alpha value is -1.84. The van der Waals surface area contributed by atoms with Crippen LogP contribution in [0.3, 0.4) is 0 Å². The second-order valence-electron chi connectivity index (χ2n) is 4.85. The Morgan fingerprint density at radius 3 is 2.61 bits per heavy atom. The van der Waals surface area contributed by atoms with Crippen molar-refractivity contribution >= 4 is 22.1 Å². The van der Waals surface area contributed by atoms with E-state index in [-0.39, 0.29) is 0 Å². The predicted octanol–water partition coefficient (Wildman–Crippen LogP) is 3.48. The minimum Gasteiger partial charge on any atom is -0.342 e. The molecule has 3 rings (SSSR count). The van der Waals surface area contributed by atoms with Gasteiger partial charge in [-0.25, -0.2) is 9.97 Å². The molecule has 0 radical (unpaired) electrons. The second kappa shape index (κ2) is 4.44. The Morgan fingerprint density at radius 1 is 1.00 bits per heavy atom. The third-order valence-corrected chi connectivity index (χ3v) is 3.27. The van der Waals surface area contributed by atoms with Crippen LogP contribution in [0, 0.1) is 6.92 Å². The lowest BCUT2D eigenvalue weighted by atomic mass is 10.2. The summed E-state index contributed by atoms with van der Waals surface area (Å²) in [6.07, 6.45) is 4.74. The summed E-state index contributed by atoms with van der Waals surface area (Å²) in [6, 6.07) is 4.15. The van der Waals surface area contributed by atoms with Gasteiger partial charge in [-0.15, -0.1) is 0 Å². The molecule has 0 atom stereocenters. The molecule has 4 heteroatoms. The first-order valence-electron chi connectivity index (χ1n) is 6.61. The van der Waals surface area contributed by atoms with Crippen molar-refractivity contribution in [2.45, 2.75) is 39.5 Å². The summed E-state index contributed by atoms with van der Waals surface area (Å²) in [4.78, 5) is 15.7. The fourth-order valence-electron chi connectivity index (χ4n) is 2.36. The van der Waals surface area contributed by atoms with Gasteiger partial charge in [0.15, 0.2) is 0 Å². The minimum absolute atomic E-state index is 0.945. The maximum absolute atomic E-state index is 4.63. The number of H-pyrrole nitrogens is 2. The highest BCUT2D eigenvalue weighted by molar-refractivity contribution is 5.91. The van der Waals surface area contributed by atoms with Crippen LogP contribution in [0.5, 0.6) is 0 Å². The predicted molar refractivity (Wildman–Crippen MR) is 73.7 cm³/mol. The molecule has 0 bridgehead atoms. The summed E-state index contributed by atoms with van der Waals surface area (Å²) in [7, 11) is 0. The van der Waals surface area contributed by atoms with Gasteiger partial charge in [0.25, 0.3) is 0 Å². The van der Waals surface area contributed by atoms with Crippen LogP contribution in [0.4, 0.5) is 0 Å². The minimum atomic E-state index is 0.945. The number of nitrogens with zero attached hydrogens (tertiary/aromatic N) is 2. The number of nitrogens with one attached hydrogen (secondary N) is 2. The van der Waals surface area contributed by atoms with Crippen molar-refractivity contribution in [1.29, 1.82) is 0 Å². The van der Waals surface area contributed by atoms with E-state index in [9.17, 15) is 0 Å². The molecule has 0 fully saturated rings. The van der Waals surface area contributed by atoms with Crippen molar-refractivity contribution in [2.24, 2.45) is 0 Å². The Balaban J connectivity index is 1.96. The van der Waals surface area contributed by atoms with Gasteiger partial charge < -0.3 is 9.97 Å². The van der Waals surface area contributed by atoms with Gasteiger partial charge in [0.2, 0.25) is 0 Å². The van der Waals surface area contributed by atoms with E-state index in [2.05, 4.69) is 32.9 Å². The molecule has 0 saturated heterocycles. The van der Waals surface area contributed by atoms with Gasteiger partial charge in [0.1, 0.15) is 11.6 Å². The Labute approximate surface area is 106 Å². The number of aromatic nitrogens is 4. The van der Waals surface area contributed by atoms with Crippen molar-refractivity contribution in [3.05, 3.63) is 23.8 Å². The lowest BCUT2D eigenvalue weighted by molar-refractivity contribution is 0.700. The number of fused-ring (bicyclic) bond motifs is 2. The van der Waals surface area contributed by atoms with Crippen LogP contribution < -0.4 is 0 Å². The van der Waals surface area contributed by atoms with Crippen molar-refractivity contribution in [2.75, 3.05) is 0 Å². The van der Waals surface area contributed by atoms with Gasteiger partial charge in [-0.1, -0.05) is 19.8 Å². The number of hydrogen-bond donors (Lipinski definition) is 2. The molecule has 18 heavy (non-hydrogen) atoms. The molecule has 3 aromatic rings. The molecule has 0 unspecified atom stereocenters. The highest BCUT2D eigenvalue weighted by Gasteiger charge is 2.06. The zero-order valence-corrected chi connectivity index (χ0v) is 10.9. The molecule has 0 spiro atoms. The van der Waals surface area contributed by atoms with E-state index in [0.29, 0.717) is 0 Å². The second-order valence-corrected chi connectivity index (χ2v) is 4.85. The zero-order valence-electron chi connectivity index (χ0n) is 10.9. The van der Waals surface area contributed by atoms with E-state index in [0.717, 1.165) is 40.1 Å². The highest BCUT2D eigenvalue weighted by Crippen LogP contribution is 2.20. The van der Waals surface area contributed by atoms with Gasteiger partial charge >= 0.3 is 0 Å². The van der Waals surface area contributed by atoms with E-state index < -0.39 is 0 Å². The zero-order chi connectivity index (χ0) is 12.5. The maximum atomic E-state index is 4.63. The van der Waals surface area contributed by atoms with Gasteiger partial charge in [0, 0.05) is 6.42 Å². The van der Waals surface area contributed by atoms with Crippen LogP contribution in [-0.4, -0.2) is 19.9 Å². The number of benzene rings is 1. The first kappa shape index (κ1) is 11.3. The topological polar surface area (TPSA) is 57.4 Å². The molecule has 2 N–H and O–H groups in total. The summed E-state index contributed by atoms with van der Waals surface area (Å²) in [5.74, 6) is 2.03. The monoisotopic (exact) mass is 242 g/mol. The summed E-state index contributed by atoms with van der Waals surface area (Å²) < 4.78 is 0. The van der Waals surface area contributed by atoms with Crippen LogP contribution >= 0.6 is 0 Å². The molecule has 0 amide bonds. The molecular formula is C14H18N4. The molecule has 1 aromatic carbocycles. The number of aryl methyl sites for hydroxylation is 2. The van der Waals surface area contributed by atoms with Gasteiger partial charge in [-0.3, -0.25) is 0 Å². The number of aromatic amines is 2. The first-order valence-corrected chi connectivity index (χ1v) is 6.61. The van der Waals surface area contributed by atoms with E-state index in [1.165, 1.54) is 19.3 Å². The molecule has 2 heterocycles. The van der Waals surface area contributed by atoms with Gasteiger partial charge in [-0.05, 0) is 25.5 Å². The molecule has 2 aromatic heterocycles. The quantitative estimate of drug-likeness (QED) is 0.688. The Kier molecular flexibility index (Phi) is 2.78. The molecule has 0 saturated carbocycles. The van der Waals surface area contributed by atoms with E-state index in [4.69, 9.17) is 0 Å². The smallest absolute Gasteiger partial charge is 0.107 e. The SMILES string of the molecule is CCCCCc1nc2cc3nc(C)[nH]c3cc2[nH]1. The van der Waals surface area contributed by atoms with Crippen molar-refractivity contribution in [3.8, 4) is 0 Å².